The van der Waals surface area contributed by atoms with Crippen LogP contribution in [0.1, 0.15) is 32.4 Å². The molecule has 2 aromatic rings. The van der Waals surface area contributed by atoms with Crippen LogP contribution in [0.25, 0.3) is 10.9 Å². The lowest BCUT2D eigenvalue weighted by Gasteiger charge is -2.27. The molecule has 0 bridgehead atoms. The minimum Gasteiger partial charge on any atom is -0.361 e. The van der Waals surface area contributed by atoms with E-state index in [-0.39, 0.29) is 23.9 Å². The summed E-state index contributed by atoms with van der Waals surface area (Å²) in [5.74, 6) is 0. The van der Waals surface area contributed by atoms with Gasteiger partial charge in [0.1, 0.15) is 0 Å². The largest absolute Gasteiger partial charge is 0.361 e. The molecule has 1 aromatic carbocycles. The molecule has 1 aromatic heterocycles. The van der Waals surface area contributed by atoms with Crippen molar-refractivity contribution >= 4 is 23.3 Å². The first kappa shape index (κ1) is 13.1. The van der Waals surface area contributed by atoms with Gasteiger partial charge in [0.25, 0.3) is 0 Å². The molecule has 0 aliphatic rings. The van der Waals surface area contributed by atoms with Gasteiger partial charge in [-0.05, 0) is 23.1 Å². The molecule has 88 valence electrons. The third-order valence-electron chi connectivity index (χ3n) is 2.90. The number of rotatable bonds is 1. The zero-order valence-electron chi connectivity index (χ0n) is 9.95. The molecule has 1 atom stereocenters. The molecule has 0 spiro atoms. The Balaban J connectivity index is 0.00000128. The molecule has 2 nitrogen and oxygen atoms in total. The Bertz CT molecular complexity index is 468. The maximum atomic E-state index is 6.28. The van der Waals surface area contributed by atoms with E-state index in [1.807, 2.05) is 6.20 Å². The van der Waals surface area contributed by atoms with Crippen LogP contribution in [-0.4, -0.2) is 4.98 Å². The van der Waals surface area contributed by atoms with Crippen LogP contribution >= 0.6 is 12.4 Å². The summed E-state index contributed by atoms with van der Waals surface area (Å²) in [5.41, 5.74) is 8.76. The standard InChI is InChI=1S/C13H18N2.ClH/c1-13(2,3)12(14)10-5-4-6-11-9(10)7-8-15-11;/h4-8,12,15H,14H2,1-3H3;1H/t12-;/m1./s1. The lowest BCUT2D eigenvalue weighted by atomic mass is 9.82. The van der Waals surface area contributed by atoms with Crippen LogP contribution in [0.3, 0.4) is 0 Å². The Morgan fingerprint density at radius 1 is 1.19 bits per heavy atom. The maximum Gasteiger partial charge on any atom is 0.0457 e. The average molecular weight is 239 g/mol. The van der Waals surface area contributed by atoms with Crippen molar-refractivity contribution < 1.29 is 0 Å². The second kappa shape index (κ2) is 4.48. The molecule has 0 aliphatic heterocycles. The van der Waals surface area contributed by atoms with E-state index in [2.05, 4.69) is 50.0 Å². The van der Waals surface area contributed by atoms with Gasteiger partial charge in [-0.2, -0.15) is 0 Å². The minimum absolute atomic E-state index is 0. The van der Waals surface area contributed by atoms with E-state index in [1.165, 1.54) is 10.9 Å². The van der Waals surface area contributed by atoms with Crippen molar-refractivity contribution in [1.82, 2.24) is 4.98 Å². The summed E-state index contributed by atoms with van der Waals surface area (Å²) in [6, 6.07) is 8.41. The minimum atomic E-state index is 0. The quantitative estimate of drug-likeness (QED) is 0.783. The average Bonchev–Trinajstić information content (AvgIpc) is 2.62. The smallest absolute Gasteiger partial charge is 0.0457 e. The first-order valence-corrected chi connectivity index (χ1v) is 5.32. The molecule has 0 fully saturated rings. The summed E-state index contributed by atoms with van der Waals surface area (Å²) in [6.45, 7) is 6.51. The Hall–Kier alpha value is -0.990. The second-order valence-corrected chi connectivity index (χ2v) is 5.13. The number of H-pyrrole nitrogens is 1. The first-order chi connectivity index (χ1) is 7.00. The number of nitrogens with two attached hydrogens (primary N) is 1. The SMILES string of the molecule is CC(C)(C)[C@H](N)c1cccc2[nH]ccc12.Cl. The second-order valence-electron chi connectivity index (χ2n) is 5.13. The fraction of sp³-hybridized carbons (Fsp3) is 0.385. The molecule has 0 saturated carbocycles. The lowest BCUT2D eigenvalue weighted by molar-refractivity contribution is 0.328. The molecule has 16 heavy (non-hydrogen) atoms. The van der Waals surface area contributed by atoms with Gasteiger partial charge in [-0.1, -0.05) is 32.9 Å². The van der Waals surface area contributed by atoms with Crippen LogP contribution in [0, 0.1) is 5.41 Å². The van der Waals surface area contributed by atoms with Gasteiger partial charge in [-0.25, -0.2) is 0 Å². The summed E-state index contributed by atoms with van der Waals surface area (Å²) in [6.07, 6.45) is 1.96. The third kappa shape index (κ3) is 2.23. The van der Waals surface area contributed by atoms with E-state index in [4.69, 9.17) is 5.73 Å². The summed E-state index contributed by atoms with van der Waals surface area (Å²) in [7, 11) is 0. The van der Waals surface area contributed by atoms with E-state index < -0.39 is 0 Å². The summed E-state index contributed by atoms with van der Waals surface area (Å²) in [5, 5.41) is 1.24. The summed E-state index contributed by atoms with van der Waals surface area (Å²) in [4.78, 5) is 3.21. The van der Waals surface area contributed by atoms with E-state index in [1.54, 1.807) is 0 Å². The van der Waals surface area contributed by atoms with Crippen molar-refractivity contribution in [3.8, 4) is 0 Å². The number of fused-ring (bicyclic) bond motifs is 1. The molecule has 0 aliphatic carbocycles. The molecular formula is C13H19ClN2. The Morgan fingerprint density at radius 2 is 1.88 bits per heavy atom. The fourth-order valence-electron chi connectivity index (χ4n) is 1.85. The van der Waals surface area contributed by atoms with Crippen molar-refractivity contribution in [2.75, 3.05) is 0 Å². The van der Waals surface area contributed by atoms with E-state index in [0.717, 1.165) is 5.52 Å². The highest BCUT2D eigenvalue weighted by Crippen LogP contribution is 2.33. The van der Waals surface area contributed by atoms with E-state index in [9.17, 15) is 0 Å². The van der Waals surface area contributed by atoms with Crippen LogP contribution in [0.5, 0.6) is 0 Å². The van der Waals surface area contributed by atoms with Crippen LogP contribution in [0.2, 0.25) is 0 Å². The van der Waals surface area contributed by atoms with Crippen molar-refractivity contribution in [3.63, 3.8) is 0 Å². The molecule has 3 heteroatoms. The number of aromatic amines is 1. The zero-order chi connectivity index (χ0) is 11.1. The first-order valence-electron chi connectivity index (χ1n) is 5.32. The number of hydrogen-bond acceptors (Lipinski definition) is 1. The molecular weight excluding hydrogens is 220 g/mol. The fourth-order valence-corrected chi connectivity index (χ4v) is 1.85. The van der Waals surface area contributed by atoms with Crippen LogP contribution < -0.4 is 5.73 Å². The lowest BCUT2D eigenvalue weighted by Crippen LogP contribution is -2.26. The highest BCUT2D eigenvalue weighted by molar-refractivity contribution is 5.85. The topological polar surface area (TPSA) is 41.8 Å². The third-order valence-corrected chi connectivity index (χ3v) is 2.90. The summed E-state index contributed by atoms with van der Waals surface area (Å²) >= 11 is 0. The van der Waals surface area contributed by atoms with Gasteiger partial charge >= 0.3 is 0 Å². The number of benzene rings is 1. The van der Waals surface area contributed by atoms with E-state index in [0.29, 0.717) is 0 Å². The summed E-state index contributed by atoms with van der Waals surface area (Å²) < 4.78 is 0. The molecule has 2 rings (SSSR count). The highest BCUT2D eigenvalue weighted by Gasteiger charge is 2.23. The Labute approximate surface area is 103 Å². The van der Waals surface area contributed by atoms with Crippen LogP contribution in [-0.2, 0) is 0 Å². The van der Waals surface area contributed by atoms with E-state index >= 15 is 0 Å². The predicted octanol–water partition coefficient (Wildman–Crippen LogP) is 3.64. The van der Waals surface area contributed by atoms with Crippen LogP contribution in [0.15, 0.2) is 30.5 Å². The van der Waals surface area contributed by atoms with Gasteiger partial charge in [0.05, 0.1) is 0 Å². The van der Waals surface area contributed by atoms with Gasteiger partial charge in [0, 0.05) is 23.1 Å². The molecule has 0 amide bonds. The molecule has 0 unspecified atom stereocenters. The zero-order valence-corrected chi connectivity index (χ0v) is 10.8. The Morgan fingerprint density at radius 3 is 2.50 bits per heavy atom. The molecule has 1 heterocycles. The van der Waals surface area contributed by atoms with Gasteiger partial charge in [0.15, 0.2) is 0 Å². The number of aromatic nitrogens is 1. The monoisotopic (exact) mass is 238 g/mol. The van der Waals surface area contributed by atoms with Crippen LogP contribution in [0.4, 0.5) is 0 Å². The number of halogens is 1. The molecule has 3 N–H and O–H groups in total. The van der Waals surface area contributed by atoms with Crippen molar-refractivity contribution in [2.24, 2.45) is 11.1 Å². The van der Waals surface area contributed by atoms with Gasteiger partial charge in [-0.15, -0.1) is 12.4 Å². The predicted molar refractivity (Wildman–Crippen MR) is 71.9 cm³/mol. The van der Waals surface area contributed by atoms with Crippen molar-refractivity contribution in [2.45, 2.75) is 26.8 Å². The molecule has 0 saturated heterocycles. The molecule has 0 radical (unpaired) electrons. The van der Waals surface area contributed by atoms with Gasteiger partial charge in [0.2, 0.25) is 0 Å². The normalized spacial score (nSPS) is 13.5. The van der Waals surface area contributed by atoms with Crippen molar-refractivity contribution in [3.05, 3.63) is 36.0 Å². The number of hydrogen-bond donors (Lipinski definition) is 2. The van der Waals surface area contributed by atoms with Gasteiger partial charge < -0.3 is 10.7 Å². The maximum absolute atomic E-state index is 6.28. The van der Waals surface area contributed by atoms with Gasteiger partial charge in [-0.3, -0.25) is 0 Å². The van der Waals surface area contributed by atoms with Crippen molar-refractivity contribution in [1.29, 1.82) is 0 Å². The number of nitrogens with one attached hydrogen (secondary N) is 1. The highest BCUT2D eigenvalue weighted by atomic mass is 35.5. The Kier molecular flexibility index (Phi) is 3.66.